The molecule has 0 spiro atoms. The maximum atomic E-state index is 5.58. The van der Waals surface area contributed by atoms with Crippen LogP contribution in [0, 0.1) is 0 Å². The first-order valence-corrected chi connectivity index (χ1v) is 5.49. The van der Waals surface area contributed by atoms with E-state index in [2.05, 4.69) is 37.8 Å². The van der Waals surface area contributed by atoms with E-state index in [9.17, 15) is 0 Å². The SMILES string of the molecule is CN(c1cc(Br)nc(N)n1)C1CCC1. The van der Waals surface area contributed by atoms with Crippen LogP contribution in [-0.4, -0.2) is 23.1 Å². The van der Waals surface area contributed by atoms with Crippen LogP contribution in [0.2, 0.25) is 0 Å². The fourth-order valence-corrected chi connectivity index (χ4v) is 1.95. The summed E-state index contributed by atoms with van der Waals surface area (Å²) in [5.74, 6) is 1.22. The number of hydrogen-bond acceptors (Lipinski definition) is 4. The highest BCUT2D eigenvalue weighted by atomic mass is 79.9. The van der Waals surface area contributed by atoms with Crippen molar-refractivity contribution < 1.29 is 0 Å². The Morgan fingerprint density at radius 3 is 2.71 bits per heavy atom. The average molecular weight is 257 g/mol. The lowest BCUT2D eigenvalue weighted by Gasteiger charge is -2.35. The molecule has 0 unspecified atom stereocenters. The predicted octanol–water partition coefficient (Wildman–Crippen LogP) is 1.81. The van der Waals surface area contributed by atoms with E-state index in [0.717, 1.165) is 10.4 Å². The van der Waals surface area contributed by atoms with Crippen molar-refractivity contribution in [1.29, 1.82) is 0 Å². The van der Waals surface area contributed by atoms with E-state index in [1.54, 1.807) is 0 Å². The largest absolute Gasteiger partial charge is 0.368 e. The molecule has 5 heteroatoms. The van der Waals surface area contributed by atoms with E-state index in [4.69, 9.17) is 5.73 Å². The van der Waals surface area contributed by atoms with Crippen LogP contribution in [0.15, 0.2) is 10.7 Å². The van der Waals surface area contributed by atoms with Crippen LogP contribution in [0.4, 0.5) is 11.8 Å². The van der Waals surface area contributed by atoms with Crippen molar-refractivity contribution in [2.45, 2.75) is 25.3 Å². The van der Waals surface area contributed by atoms with Gasteiger partial charge in [-0.2, -0.15) is 4.98 Å². The molecule has 2 rings (SSSR count). The number of rotatable bonds is 2. The number of hydrogen-bond donors (Lipinski definition) is 1. The van der Waals surface area contributed by atoms with Crippen LogP contribution in [0.1, 0.15) is 19.3 Å². The fraction of sp³-hybridized carbons (Fsp3) is 0.556. The summed E-state index contributed by atoms with van der Waals surface area (Å²) in [6.07, 6.45) is 3.81. The first-order valence-electron chi connectivity index (χ1n) is 4.69. The Hall–Kier alpha value is -0.840. The minimum absolute atomic E-state index is 0.320. The molecule has 0 bridgehead atoms. The van der Waals surface area contributed by atoms with E-state index in [1.807, 2.05) is 6.07 Å². The van der Waals surface area contributed by atoms with Crippen molar-refractivity contribution in [3.63, 3.8) is 0 Å². The minimum Gasteiger partial charge on any atom is -0.368 e. The highest BCUT2D eigenvalue weighted by molar-refractivity contribution is 9.10. The molecule has 1 aliphatic carbocycles. The van der Waals surface area contributed by atoms with Gasteiger partial charge in [0.25, 0.3) is 0 Å². The van der Waals surface area contributed by atoms with E-state index >= 15 is 0 Å². The molecule has 0 aliphatic heterocycles. The normalized spacial score (nSPS) is 16.4. The summed E-state index contributed by atoms with van der Waals surface area (Å²) in [6.45, 7) is 0. The molecule has 0 aromatic carbocycles. The summed E-state index contributed by atoms with van der Waals surface area (Å²) in [5.41, 5.74) is 5.58. The van der Waals surface area contributed by atoms with Crippen molar-refractivity contribution in [3.05, 3.63) is 10.7 Å². The molecule has 0 saturated heterocycles. The predicted molar refractivity (Wildman–Crippen MR) is 60.2 cm³/mol. The highest BCUT2D eigenvalue weighted by Crippen LogP contribution is 2.28. The third-order valence-corrected chi connectivity index (χ3v) is 3.09. The van der Waals surface area contributed by atoms with Crippen molar-refractivity contribution >= 4 is 27.7 Å². The summed E-state index contributed by atoms with van der Waals surface area (Å²) < 4.78 is 0.742. The molecular formula is C9H13BrN4. The Morgan fingerprint density at radius 2 is 2.21 bits per heavy atom. The number of anilines is 2. The Bertz CT molecular complexity index is 317. The van der Waals surface area contributed by atoms with Crippen molar-refractivity contribution in [2.24, 2.45) is 0 Å². The topological polar surface area (TPSA) is 55.0 Å². The standard InChI is InChI=1S/C9H13BrN4/c1-14(6-3-2-4-6)8-5-7(10)12-9(11)13-8/h5-6H,2-4H2,1H3,(H2,11,12,13). The van der Waals surface area contributed by atoms with Gasteiger partial charge in [-0.1, -0.05) is 0 Å². The molecule has 4 nitrogen and oxygen atoms in total. The Balaban J connectivity index is 2.21. The molecule has 1 heterocycles. The first-order chi connectivity index (χ1) is 6.66. The number of nitrogen functional groups attached to an aromatic ring is 1. The zero-order valence-corrected chi connectivity index (χ0v) is 9.66. The van der Waals surface area contributed by atoms with Gasteiger partial charge in [0.2, 0.25) is 5.95 Å². The van der Waals surface area contributed by atoms with E-state index < -0.39 is 0 Å². The fourth-order valence-electron chi connectivity index (χ4n) is 1.56. The third kappa shape index (κ3) is 1.82. The smallest absolute Gasteiger partial charge is 0.223 e. The van der Waals surface area contributed by atoms with Gasteiger partial charge >= 0.3 is 0 Å². The molecule has 1 aromatic rings. The van der Waals surface area contributed by atoms with E-state index in [-0.39, 0.29) is 0 Å². The summed E-state index contributed by atoms with van der Waals surface area (Å²) >= 11 is 3.31. The minimum atomic E-state index is 0.320. The molecule has 0 atom stereocenters. The summed E-state index contributed by atoms with van der Waals surface area (Å²) in [7, 11) is 2.05. The van der Waals surface area contributed by atoms with Gasteiger partial charge in [0, 0.05) is 19.2 Å². The van der Waals surface area contributed by atoms with Gasteiger partial charge in [-0.05, 0) is 35.2 Å². The summed E-state index contributed by atoms with van der Waals surface area (Å²) in [6, 6.07) is 2.52. The molecule has 2 N–H and O–H groups in total. The molecule has 1 aliphatic rings. The van der Waals surface area contributed by atoms with Crippen LogP contribution in [-0.2, 0) is 0 Å². The van der Waals surface area contributed by atoms with Crippen LogP contribution in [0.25, 0.3) is 0 Å². The molecule has 76 valence electrons. The van der Waals surface area contributed by atoms with Crippen LogP contribution in [0.5, 0.6) is 0 Å². The van der Waals surface area contributed by atoms with Crippen LogP contribution in [0.3, 0.4) is 0 Å². The van der Waals surface area contributed by atoms with Gasteiger partial charge in [0.15, 0.2) is 0 Å². The van der Waals surface area contributed by atoms with Gasteiger partial charge in [-0.25, -0.2) is 4.98 Å². The second kappa shape index (κ2) is 3.73. The van der Waals surface area contributed by atoms with Gasteiger partial charge in [0.05, 0.1) is 0 Å². The second-order valence-corrected chi connectivity index (χ2v) is 4.42. The first kappa shape index (κ1) is 9.71. The summed E-state index contributed by atoms with van der Waals surface area (Å²) in [4.78, 5) is 10.3. The van der Waals surface area contributed by atoms with Crippen molar-refractivity contribution in [3.8, 4) is 0 Å². The van der Waals surface area contributed by atoms with Gasteiger partial charge in [0.1, 0.15) is 10.4 Å². The lowest BCUT2D eigenvalue weighted by atomic mass is 9.92. The van der Waals surface area contributed by atoms with Gasteiger partial charge in [-0.3, -0.25) is 0 Å². The maximum absolute atomic E-state index is 5.58. The molecule has 1 fully saturated rings. The van der Waals surface area contributed by atoms with Gasteiger partial charge in [-0.15, -0.1) is 0 Å². The zero-order valence-electron chi connectivity index (χ0n) is 8.07. The molecular weight excluding hydrogens is 244 g/mol. The molecule has 0 amide bonds. The Kier molecular flexibility index (Phi) is 2.58. The lowest BCUT2D eigenvalue weighted by molar-refractivity contribution is 0.399. The molecule has 14 heavy (non-hydrogen) atoms. The second-order valence-electron chi connectivity index (χ2n) is 3.60. The zero-order chi connectivity index (χ0) is 10.1. The third-order valence-electron chi connectivity index (χ3n) is 2.68. The highest BCUT2D eigenvalue weighted by Gasteiger charge is 2.23. The van der Waals surface area contributed by atoms with Crippen molar-refractivity contribution in [2.75, 3.05) is 17.7 Å². The van der Waals surface area contributed by atoms with Crippen LogP contribution < -0.4 is 10.6 Å². The van der Waals surface area contributed by atoms with E-state index in [0.29, 0.717) is 12.0 Å². The van der Waals surface area contributed by atoms with E-state index in [1.165, 1.54) is 19.3 Å². The average Bonchev–Trinajstić information content (AvgIpc) is 1.98. The summed E-state index contributed by atoms with van der Waals surface area (Å²) in [5, 5.41) is 0. The van der Waals surface area contributed by atoms with Crippen molar-refractivity contribution in [1.82, 2.24) is 9.97 Å². The molecule has 1 saturated carbocycles. The number of halogens is 1. The maximum Gasteiger partial charge on any atom is 0.223 e. The molecule has 0 radical (unpaired) electrons. The number of aromatic nitrogens is 2. The monoisotopic (exact) mass is 256 g/mol. The molecule has 1 aromatic heterocycles. The number of nitrogens with zero attached hydrogens (tertiary/aromatic N) is 3. The van der Waals surface area contributed by atoms with Gasteiger partial charge < -0.3 is 10.6 Å². The Morgan fingerprint density at radius 1 is 1.50 bits per heavy atom. The quantitative estimate of drug-likeness (QED) is 0.821. The lowest BCUT2D eigenvalue weighted by Crippen LogP contribution is -2.37. The van der Waals surface area contributed by atoms with Crippen LogP contribution >= 0.6 is 15.9 Å². The Labute approximate surface area is 91.7 Å². The number of nitrogens with two attached hydrogens (primary N) is 1.